The number of halogens is 1. The van der Waals surface area contributed by atoms with Crippen molar-refractivity contribution in [2.24, 2.45) is 0 Å². The first-order valence-corrected chi connectivity index (χ1v) is 10.2. The Hall–Kier alpha value is -3.06. The molecule has 1 aliphatic rings. The van der Waals surface area contributed by atoms with Crippen LogP contribution in [-0.2, 0) is 12.3 Å². The predicted octanol–water partition coefficient (Wildman–Crippen LogP) is 4.21. The van der Waals surface area contributed by atoms with Gasteiger partial charge in [-0.3, -0.25) is 4.79 Å². The quantitative estimate of drug-likeness (QED) is 0.617. The molecule has 1 aromatic heterocycles. The van der Waals surface area contributed by atoms with Gasteiger partial charge in [-0.1, -0.05) is 24.3 Å². The summed E-state index contributed by atoms with van der Waals surface area (Å²) < 4.78 is 24.3. The number of carbonyl (C=O) groups excluding carboxylic acids is 1. The van der Waals surface area contributed by atoms with Crippen molar-refractivity contribution in [3.63, 3.8) is 0 Å². The molecule has 0 spiro atoms. The Morgan fingerprint density at radius 3 is 2.76 bits per heavy atom. The van der Waals surface area contributed by atoms with Crippen molar-refractivity contribution in [2.75, 3.05) is 13.2 Å². The van der Waals surface area contributed by atoms with Gasteiger partial charge in [0.1, 0.15) is 24.1 Å². The van der Waals surface area contributed by atoms with Gasteiger partial charge >= 0.3 is 0 Å². The zero-order valence-corrected chi connectivity index (χ0v) is 16.4. The number of pyridine rings is 1. The number of carbonyl (C=O) groups is 1. The Labute approximate surface area is 172 Å². The number of amides is 1. The molecule has 3 aromatic rings. The van der Waals surface area contributed by atoms with Gasteiger partial charge in [0, 0.05) is 24.1 Å². The van der Waals surface area contributed by atoms with Gasteiger partial charge in [0.2, 0.25) is 0 Å². The molecule has 0 bridgehead atoms. The fourth-order valence-electron chi connectivity index (χ4n) is 2.96. The highest BCUT2D eigenvalue weighted by molar-refractivity contribution is 7.98. The average Bonchev–Trinajstić information content (AvgIpc) is 2.77. The molecule has 4 rings (SSSR count). The highest BCUT2D eigenvalue weighted by atomic mass is 32.2. The molecule has 29 heavy (non-hydrogen) atoms. The van der Waals surface area contributed by atoms with Gasteiger partial charge < -0.3 is 14.8 Å². The van der Waals surface area contributed by atoms with Gasteiger partial charge in [-0.25, -0.2) is 9.37 Å². The zero-order valence-electron chi connectivity index (χ0n) is 15.6. The van der Waals surface area contributed by atoms with Crippen LogP contribution in [0.2, 0.25) is 0 Å². The van der Waals surface area contributed by atoms with Gasteiger partial charge in [-0.2, -0.15) is 0 Å². The Morgan fingerprint density at radius 2 is 1.90 bits per heavy atom. The maximum atomic E-state index is 13.1. The molecular weight excluding hydrogens is 391 g/mol. The van der Waals surface area contributed by atoms with E-state index in [0.29, 0.717) is 47.6 Å². The van der Waals surface area contributed by atoms with Crippen LogP contribution in [0.4, 0.5) is 4.39 Å². The minimum Gasteiger partial charge on any atom is -0.486 e. The lowest BCUT2D eigenvalue weighted by atomic mass is 10.1. The van der Waals surface area contributed by atoms with Crippen LogP contribution in [0, 0.1) is 5.82 Å². The predicted molar refractivity (Wildman–Crippen MR) is 109 cm³/mol. The number of nitrogens with one attached hydrogen (secondary N) is 1. The highest BCUT2D eigenvalue weighted by Gasteiger charge is 2.17. The summed E-state index contributed by atoms with van der Waals surface area (Å²) in [5.74, 6) is 1.48. The largest absolute Gasteiger partial charge is 0.486 e. The molecule has 0 saturated carbocycles. The molecule has 5 nitrogen and oxygen atoms in total. The molecule has 1 aliphatic heterocycles. The fourth-order valence-corrected chi connectivity index (χ4v) is 3.90. The molecule has 0 unspecified atom stereocenters. The lowest BCUT2D eigenvalue weighted by molar-refractivity contribution is 0.0946. The van der Waals surface area contributed by atoms with Crippen molar-refractivity contribution in [1.29, 1.82) is 0 Å². The summed E-state index contributed by atoms with van der Waals surface area (Å²) in [6, 6.07) is 15.4. The van der Waals surface area contributed by atoms with Crippen LogP contribution in [-0.4, -0.2) is 24.1 Å². The maximum Gasteiger partial charge on any atom is 0.254 e. The number of ether oxygens (including phenoxy) is 2. The number of aromatic nitrogens is 1. The smallest absolute Gasteiger partial charge is 0.254 e. The lowest BCUT2D eigenvalue weighted by Crippen LogP contribution is -2.25. The summed E-state index contributed by atoms with van der Waals surface area (Å²) in [4.78, 5) is 17.1. The van der Waals surface area contributed by atoms with Gasteiger partial charge in [-0.15, -0.1) is 11.8 Å². The van der Waals surface area contributed by atoms with Crippen LogP contribution in [0.15, 0.2) is 65.8 Å². The van der Waals surface area contributed by atoms with Crippen molar-refractivity contribution in [2.45, 2.75) is 17.3 Å². The van der Waals surface area contributed by atoms with E-state index in [9.17, 15) is 9.18 Å². The number of benzene rings is 2. The van der Waals surface area contributed by atoms with Crippen molar-refractivity contribution >= 4 is 17.7 Å². The number of nitrogens with zero attached hydrogens (tertiary/aromatic N) is 1. The van der Waals surface area contributed by atoms with E-state index in [1.165, 1.54) is 23.9 Å². The molecule has 0 radical (unpaired) electrons. The molecule has 1 N–H and O–H groups in total. The third kappa shape index (κ3) is 4.68. The fraction of sp³-hybridized carbons (Fsp3) is 0.182. The van der Waals surface area contributed by atoms with Crippen LogP contribution in [0.3, 0.4) is 0 Å². The normalized spacial score (nSPS) is 12.4. The van der Waals surface area contributed by atoms with E-state index in [0.717, 1.165) is 11.1 Å². The molecule has 7 heteroatoms. The molecule has 0 saturated heterocycles. The monoisotopic (exact) mass is 410 g/mol. The molecule has 0 aliphatic carbocycles. The minimum absolute atomic E-state index is 0.214. The number of thioether (sulfide) groups is 1. The lowest BCUT2D eigenvalue weighted by Gasteiger charge is -2.21. The zero-order chi connectivity index (χ0) is 20.1. The molecule has 2 aromatic carbocycles. The van der Waals surface area contributed by atoms with E-state index in [1.54, 1.807) is 30.5 Å². The van der Waals surface area contributed by atoms with Crippen LogP contribution in [0.25, 0.3) is 0 Å². The second kappa shape index (κ2) is 8.96. The van der Waals surface area contributed by atoms with Crippen LogP contribution in [0.5, 0.6) is 11.5 Å². The van der Waals surface area contributed by atoms with Gasteiger partial charge in [0.25, 0.3) is 5.91 Å². The van der Waals surface area contributed by atoms with Crippen LogP contribution >= 0.6 is 11.8 Å². The Bertz CT molecular complexity index is 1010. The summed E-state index contributed by atoms with van der Waals surface area (Å²) in [7, 11) is 0. The molecule has 0 atom stereocenters. The van der Waals surface area contributed by atoms with Gasteiger partial charge in [0.15, 0.2) is 11.5 Å². The molecular formula is C22H19FN2O3S. The van der Waals surface area contributed by atoms with Gasteiger partial charge in [0.05, 0.1) is 5.56 Å². The van der Waals surface area contributed by atoms with Crippen molar-refractivity contribution in [3.05, 3.63) is 83.3 Å². The second-order valence-corrected chi connectivity index (χ2v) is 7.36. The number of fused-ring (bicyclic) bond motifs is 1. The van der Waals surface area contributed by atoms with E-state index >= 15 is 0 Å². The summed E-state index contributed by atoms with van der Waals surface area (Å²) in [6.45, 7) is 1.33. The van der Waals surface area contributed by atoms with E-state index in [2.05, 4.69) is 10.3 Å². The molecule has 0 fully saturated rings. The number of rotatable bonds is 6. The third-order valence-corrected chi connectivity index (χ3v) is 5.47. The van der Waals surface area contributed by atoms with E-state index in [1.807, 2.05) is 18.2 Å². The topological polar surface area (TPSA) is 60.5 Å². The minimum atomic E-state index is -0.269. The summed E-state index contributed by atoms with van der Waals surface area (Å²) in [5, 5.41) is 3.56. The Morgan fingerprint density at radius 1 is 1.07 bits per heavy atom. The van der Waals surface area contributed by atoms with Crippen LogP contribution < -0.4 is 14.8 Å². The number of para-hydroxylation sites is 1. The summed E-state index contributed by atoms with van der Waals surface area (Å²) in [5.41, 5.74) is 2.32. The third-order valence-electron chi connectivity index (χ3n) is 4.39. The van der Waals surface area contributed by atoms with E-state index < -0.39 is 0 Å². The summed E-state index contributed by atoms with van der Waals surface area (Å²) >= 11 is 1.44. The average molecular weight is 410 g/mol. The van der Waals surface area contributed by atoms with E-state index in [-0.39, 0.29) is 11.7 Å². The number of hydrogen-bond donors (Lipinski definition) is 1. The first kappa shape index (κ1) is 19.3. The van der Waals surface area contributed by atoms with Gasteiger partial charge in [-0.05, 0) is 35.9 Å². The van der Waals surface area contributed by atoms with Crippen molar-refractivity contribution < 1.29 is 18.7 Å². The second-order valence-electron chi connectivity index (χ2n) is 6.40. The SMILES string of the molecule is O=C(NCc1cccc2c1OCCO2)c1cccnc1SCc1ccc(F)cc1. The number of hydrogen-bond acceptors (Lipinski definition) is 5. The van der Waals surface area contributed by atoms with Crippen LogP contribution in [0.1, 0.15) is 21.5 Å². The summed E-state index contributed by atoms with van der Waals surface area (Å²) in [6.07, 6.45) is 1.66. The van der Waals surface area contributed by atoms with E-state index in [4.69, 9.17) is 9.47 Å². The van der Waals surface area contributed by atoms with Crippen molar-refractivity contribution in [1.82, 2.24) is 10.3 Å². The highest BCUT2D eigenvalue weighted by Crippen LogP contribution is 2.33. The molecule has 148 valence electrons. The maximum absolute atomic E-state index is 13.1. The standard InChI is InChI=1S/C22H19FN2O3S/c23-17-8-6-15(7-9-17)14-29-22-18(4-2-10-24-22)21(26)25-13-16-3-1-5-19-20(16)28-12-11-27-19/h1-10H,11-14H2,(H,25,26). The Balaban J connectivity index is 1.43. The van der Waals surface area contributed by atoms with Crippen molar-refractivity contribution in [3.8, 4) is 11.5 Å². The first-order chi connectivity index (χ1) is 14.2. The first-order valence-electron chi connectivity index (χ1n) is 9.18. The Kier molecular flexibility index (Phi) is 5.95. The molecule has 2 heterocycles. The molecule has 1 amide bonds.